The molecule has 0 aliphatic rings. The molecule has 1 N–H and O–H groups in total. The molecule has 0 heterocycles. The third-order valence-corrected chi connectivity index (χ3v) is 1.29. The standard InChI is InChI=1S/C7H13ClO/c8-6-4-2-1-3-5-7-9/h3,5,9H,1-2,4,6-7H2/b5-3-. The van der Waals surface area contributed by atoms with Gasteiger partial charge in [0, 0.05) is 5.88 Å². The smallest absolute Gasteiger partial charge is 0.0612 e. The first-order valence-electron chi connectivity index (χ1n) is 3.23. The average Bonchev–Trinajstić information content (AvgIpc) is 1.89. The number of hydrogen-bond donors (Lipinski definition) is 1. The van der Waals surface area contributed by atoms with Gasteiger partial charge in [-0.1, -0.05) is 12.2 Å². The molecule has 0 aliphatic heterocycles. The fourth-order valence-corrected chi connectivity index (χ4v) is 0.738. The van der Waals surface area contributed by atoms with E-state index in [-0.39, 0.29) is 6.61 Å². The maximum Gasteiger partial charge on any atom is 0.0612 e. The lowest BCUT2D eigenvalue weighted by Crippen LogP contribution is -1.75. The van der Waals surface area contributed by atoms with E-state index in [1.807, 2.05) is 6.08 Å². The summed E-state index contributed by atoms with van der Waals surface area (Å²) in [6.07, 6.45) is 6.96. The topological polar surface area (TPSA) is 20.2 Å². The maximum atomic E-state index is 8.31. The van der Waals surface area contributed by atoms with Crippen LogP contribution in [0.5, 0.6) is 0 Å². The molecule has 2 heteroatoms. The molecule has 0 atom stereocenters. The third kappa shape index (κ3) is 7.99. The largest absolute Gasteiger partial charge is 0.392 e. The van der Waals surface area contributed by atoms with Crippen molar-refractivity contribution in [1.82, 2.24) is 0 Å². The van der Waals surface area contributed by atoms with Gasteiger partial charge >= 0.3 is 0 Å². The van der Waals surface area contributed by atoms with Crippen LogP contribution in [0.15, 0.2) is 12.2 Å². The quantitative estimate of drug-likeness (QED) is 0.359. The highest BCUT2D eigenvalue weighted by atomic mass is 35.5. The van der Waals surface area contributed by atoms with Gasteiger partial charge < -0.3 is 5.11 Å². The summed E-state index contributed by atoms with van der Waals surface area (Å²) in [5.41, 5.74) is 0. The monoisotopic (exact) mass is 148 g/mol. The number of halogens is 1. The summed E-state index contributed by atoms with van der Waals surface area (Å²) >= 11 is 5.44. The van der Waals surface area contributed by atoms with Crippen LogP contribution in [-0.2, 0) is 0 Å². The van der Waals surface area contributed by atoms with Crippen molar-refractivity contribution >= 4 is 11.6 Å². The molecule has 9 heavy (non-hydrogen) atoms. The van der Waals surface area contributed by atoms with E-state index in [0.29, 0.717) is 0 Å². The van der Waals surface area contributed by atoms with Crippen molar-refractivity contribution < 1.29 is 5.11 Å². The summed E-state index contributed by atoms with van der Waals surface area (Å²) in [4.78, 5) is 0. The van der Waals surface area contributed by atoms with Crippen molar-refractivity contribution in [3.05, 3.63) is 12.2 Å². The summed E-state index contributed by atoms with van der Waals surface area (Å²) in [6.45, 7) is 0.154. The normalized spacial score (nSPS) is 10.9. The Bertz CT molecular complexity index is 71.3. The van der Waals surface area contributed by atoms with Gasteiger partial charge in [-0.05, 0) is 19.3 Å². The molecule has 0 bridgehead atoms. The summed E-state index contributed by atoms with van der Waals surface area (Å²) < 4.78 is 0. The number of alkyl halides is 1. The van der Waals surface area contributed by atoms with Gasteiger partial charge in [-0.15, -0.1) is 11.6 Å². The van der Waals surface area contributed by atoms with Crippen LogP contribution in [0.25, 0.3) is 0 Å². The summed E-state index contributed by atoms with van der Waals surface area (Å²) in [7, 11) is 0. The lowest BCUT2D eigenvalue weighted by molar-refractivity contribution is 0.342. The van der Waals surface area contributed by atoms with Crippen LogP contribution in [-0.4, -0.2) is 17.6 Å². The average molecular weight is 149 g/mol. The molecule has 0 fully saturated rings. The van der Waals surface area contributed by atoms with E-state index in [2.05, 4.69) is 0 Å². The minimum atomic E-state index is 0.154. The number of allylic oxidation sites excluding steroid dienone is 1. The predicted octanol–water partition coefficient (Wildman–Crippen LogP) is 1.94. The lowest BCUT2D eigenvalue weighted by atomic mass is 10.2. The Morgan fingerprint density at radius 1 is 1.22 bits per heavy atom. The van der Waals surface area contributed by atoms with Crippen LogP contribution < -0.4 is 0 Å². The highest BCUT2D eigenvalue weighted by molar-refractivity contribution is 6.17. The van der Waals surface area contributed by atoms with Gasteiger partial charge in [0.2, 0.25) is 0 Å². The van der Waals surface area contributed by atoms with Gasteiger partial charge in [-0.3, -0.25) is 0 Å². The van der Waals surface area contributed by atoms with Crippen molar-refractivity contribution in [3.63, 3.8) is 0 Å². The van der Waals surface area contributed by atoms with Crippen LogP contribution in [0, 0.1) is 0 Å². The van der Waals surface area contributed by atoms with E-state index in [9.17, 15) is 0 Å². The number of hydrogen-bond acceptors (Lipinski definition) is 1. The van der Waals surface area contributed by atoms with Gasteiger partial charge in [-0.2, -0.15) is 0 Å². The molecular weight excluding hydrogens is 136 g/mol. The molecule has 0 saturated heterocycles. The first-order chi connectivity index (χ1) is 4.41. The first kappa shape index (κ1) is 8.99. The molecular formula is C7H13ClO. The number of unbranched alkanes of at least 4 members (excludes halogenated alkanes) is 2. The lowest BCUT2D eigenvalue weighted by Gasteiger charge is -1.88. The second kappa shape index (κ2) is 7.99. The van der Waals surface area contributed by atoms with Crippen LogP contribution in [0.4, 0.5) is 0 Å². The Morgan fingerprint density at radius 2 is 2.00 bits per heavy atom. The highest BCUT2D eigenvalue weighted by Gasteiger charge is 1.80. The molecule has 0 aromatic heterocycles. The van der Waals surface area contributed by atoms with Gasteiger partial charge in [-0.25, -0.2) is 0 Å². The Kier molecular flexibility index (Phi) is 7.98. The van der Waals surface area contributed by atoms with Gasteiger partial charge in [0.1, 0.15) is 0 Å². The van der Waals surface area contributed by atoms with Crippen LogP contribution in [0.1, 0.15) is 19.3 Å². The SMILES string of the molecule is OC/C=C\CCCCCl. The van der Waals surface area contributed by atoms with Crippen LogP contribution in [0.3, 0.4) is 0 Å². The number of aliphatic hydroxyl groups is 1. The predicted molar refractivity (Wildman–Crippen MR) is 40.8 cm³/mol. The van der Waals surface area contributed by atoms with Crippen LogP contribution >= 0.6 is 11.6 Å². The van der Waals surface area contributed by atoms with Gasteiger partial charge in [0.05, 0.1) is 6.61 Å². The van der Waals surface area contributed by atoms with Crippen molar-refractivity contribution in [2.75, 3.05) is 12.5 Å². The maximum absolute atomic E-state index is 8.31. The second-order valence-electron chi connectivity index (χ2n) is 1.84. The van der Waals surface area contributed by atoms with E-state index in [1.54, 1.807) is 6.08 Å². The van der Waals surface area contributed by atoms with Crippen molar-refractivity contribution in [1.29, 1.82) is 0 Å². The molecule has 0 rings (SSSR count). The van der Waals surface area contributed by atoms with Crippen LogP contribution in [0.2, 0.25) is 0 Å². The van der Waals surface area contributed by atoms with E-state index in [0.717, 1.165) is 25.1 Å². The molecule has 0 spiro atoms. The summed E-state index contributed by atoms with van der Waals surface area (Å²) in [6, 6.07) is 0. The molecule has 0 aliphatic carbocycles. The minimum absolute atomic E-state index is 0.154. The van der Waals surface area contributed by atoms with Crippen molar-refractivity contribution in [3.8, 4) is 0 Å². The Hall–Kier alpha value is -0.0100. The molecule has 0 amide bonds. The highest BCUT2D eigenvalue weighted by Crippen LogP contribution is 1.97. The fraction of sp³-hybridized carbons (Fsp3) is 0.714. The Labute approximate surface area is 61.3 Å². The molecule has 0 saturated carbocycles. The van der Waals surface area contributed by atoms with Crippen molar-refractivity contribution in [2.45, 2.75) is 19.3 Å². The van der Waals surface area contributed by atoms with E-state index < -0.39 is 0 Å². The molecule has 1 nitrogen and oxygen atoms in total. The molecule has 54 valence electrons. The number of rotatable bonds is 5. The molecule has 0 radical (unpaired) electrons. The molecule has 0 unspecified atom stereocenters. The fourth-order valence-electron chi connectivity index (χ4n) is 0.549. The zero-order valence-electron chi connectivity index (χ0n) is 5.52. The Morgan fingerprint density at radius 3 is 2.56 bits per heavy atom. The Balaban J connectivity index is 2.82. The van der Waals surface area contributed by atoms with Crippen molar-refractivity contribution in [2.24, 2.45) is 0 Å². The second-order valence-corrected chi connectivity index (χ2v) is 2.22. The summed E-state index contributed by atoms with van der Waals surface area (Å²) in [5.74, 6) is 0.743. The minimum Gasteiger partial charge on any atom is -0.392 e. The number of aliphatic hydroxyl groups excluding tert-OH is 1. The van der Waals surface area contributed by atoms with E-state index in [4.69, 9.17) is 16.7 Å². The van der Waals surface area contributed by atoms with Gasteiger partial charge in [0.25, 0.3) is 0 Å². The first-order valence-corrected chi connectivity index (χ1v) is 3.77. The third-order valence-electron chi connectivity index (χ3n) is 1.03. The van der Waals surface area contributed by atoms with E-state index in [1.165, 1.54) is 0 Å². The zero-order chi connectivity index (χ0) is 6.95. The van der Waals surface area contributed by atoms with E-state index >= 15 is 0 Å². The zero-order valence-corrected chi connectivity index (χ0v) is 6.27. The summed E-state index contributed by atoms with van der Waals surface area (Å²) in [5, 5.41) is 8.31. The molecule has 0 aromatic rings. The molecule has 0 aromatic carbocycles. The van der Waals surface area contributed by atoms with Gasteiger partial charge in [0.15, 0.2) is 0 Å².